The zero-order valence-corrected chi connectivity index (χ0v) is 9.96. The molecule has 0 aliphatic carbocycles. The van der Waals surface area contributed by atoms with Crippen LogP contribution in [-0.4, -0.2) is 26.0 Å². The van der Waals surface area contributed by atoms with E-state index < -0.39 is 0 Å². The van der Waals surface area contributed by atoms with Gasteiger partial charge < -0.3 is 9.64 Å². The maximum atomic E-state index is 11.2. The number of benzene rings is 1. The fourth-order valence-electron chi connectivity index (χ4n) is 1.91. The number of carbonyl (C=O) groups is 1. The quantitative estimate of drug-likeness (QED) is 0.794. The monoisotopic (exact) mass is 239 g/mol. The van der Waals surface area contributed by atoms with Gasteiger partial charge in [0, 0.05) is 31.0 Å². The summed E-state index contributed by atoms with van der Waals surface area (Å²) >= 11 is 5.97. The summed E-state index contributed by atoms with van der Waals surface area (Å²) in [7, 11) is 1.64. The van der Waals surface area contributed by atoms with Crippen LogP contribution in [0.15, 0.2) is 18.2 Å². The third-order valence-electron chi connectivity index (χ3n) is 2.80. The SMILES string of the molecule is COc1ccc(Cl)cc1N1CCC(=O)CC1. The predicted octanol–water partition coefficient (Wildman–Crippen LogP) is 2.52. The van der Waals surface area contributed by atoms with Gasteiger partial charge in [0.25, 0.3) is 0 Å². The summed E-state index contributed by atoms with van der Waals surface area (Å²) in [6.07, 6.45) is 1.21. The van der Waals surface area contributed by atoms with Crippen molar-refractivity contribution in [2.24, 2.45) is 0 Å². The van der Waals surface area contributed by atoms with Crippen molar-refractivity contribution >= 4 is 23.1 Å². The predicted molar refractivity (Wildman–Crippen MR) is 64.5 cm³/mol. The maximum Gasteiger partial charge on any atom is 0.142 e. The van der Waals surface area contributed by atoms with Gasteiger partial charge in [-0.3, -0.25) is 4.79 Å². The van der Waals surface area contributed by atoms with Crippen LogP contribution < -0.4 is 9.64 Å². The van der Waals surface area contributed by atoms with E-state index >= 15 is 0 Å². The highest BCUT2D eigenvalue weighted by Crippen LogP contribution is 2.32. The Labute approximate surface area is 100.0 Å². The van der Waals surface area contributed by atoms with Crippen LogP contribution in [0.1, 0.15) is 12.8 Å². The summed E-state index contributed by atoms with van der Waals surface area (Å²) in [6.45, 7) is 1.49. The lowest BCUT2D eigenvalue weighted by Crippen LogP contribution is -2.33. The van der Waals surface area contributed by atoms with Crippen molar-refractivity contribution in [3.8, 4) is 5.75 Å². The molecule has 86 valence electrons. The first-order valence-corrected chi connectivity index (χ1v) is 5.68. The Balaban J connectivity index is 2.24. The third-order valence-corrected chi connectivity index (χ3v) is 3.04. The summed E-state index contributed by atoms with van der Waals surface area (Å²) in [5.74, 6) is 1.14. The van der Waals surface area contributed by atoms with E-state index in [0.29, 0.717) is 23.6 Å². The van der Waals surface area contributed by atoms with E-state index in [9.17, 15) is 4.79 Å². The molecule has 1 fully saturated rings. The van der Waals surface area contributed by atoms with Gasteiger partial charge in [-0.05, 0) is 18.2 Å². The molecule has 1 aromatic rings. The van der Waals surface area contributed by atoms with E-state index in [1.807, 2.05) is 12.1 Å². The molecular weight excluding hydrogens is 226 g/mol. The molecule has 0 amide bonds. The van der Waals surface area contributed by atoms with Gasteiger partial charge in [0.15, 0.2) is 0 Å². The lowest BCUT2D eigenvalue weighted by atomic mass is 10.1. The van der Waals surface area contributed by atoms with E-state index in [1.165, 1.54) is 0 Å². The van der Waals surface area contributed by atoms with Gasteiger partial charge in [0.2, 0.25) is 0 Å². The molecule has 4 heteroatoms. The molecular formula is C12H14ClNO2. The first-order valence-electron chi connectivity index (χ1n) is 5.31. The highest BCUT2D eigenvalue weighted by Gasteiger charge is 2.19. The van der Waals surface area contributed by atoms with Crippen LogP contribution in [-0.2, 0) is 4.79 Å². The summed E-state index contributed by atoms with van der Waals surface area (Å²) < 4.78 is 5.30. The second kappa shape index (κ2) is 4.74. The minimum Gasteiger partial charge on any atom is -0.495 e. The van der Waals surface area contributed by atoms with Gasteiger partial charge >= 0.3 is 0 Å². The molecule has 1 saturated heterocycles. The van der Waals surface area contributed by atoms with Crippen molar-refractivity contribution in [2.45, 2.75) is 12.8 Å². The topological polar surface area (TPSA) is 29.5 Å². The number of nitrogens with zero attached hydrogens (tertiary/aromatic N) is 1. The summed E-state index contributed by atoms with van der Waals surface area (Å²) in [5, 5.41) is 0.688. The molecule has 0 saturated carbocycles. The van der Waals surface area contributed by atoms with Crippen LogP contribution in [0.3, 0.4) is 0 Å². The molecule has 0 atom stereocenters. The lowest BCUT2D eigenvalue weighted by Gasteiger charge is -2.29. The Kier molecular flexibility index (Phi) is 3.34. The van der Waals surface area contributed by atoms with Gasteiger partial charge in [-0.15, -0.1) is 0 Å². The molecule has 0 radical (unpaired) electrons. The molecule has 0 N–H and O–H groups in total. The molecule has 2 rings (SSSR count). The van der Waals surface area contributed by atoms with E-state index in [-0.39, 0.29) is 0 Å². The Morgan fingerprint density at radius 3 is 2.62 bits per heavy atom. The van der Waals surface area contributed by atoms with Crippen LogP contribution in [0.4, 0.5) is 5.69 Å². The van der Waals surface area contributed by atoms with Crippen molar-refractivity contribution in [3.63, 3.8) is 0 Å². The summed E-state index contributed by atoms with van der Waals surface area (Å²) in [4.78, 5) is 13.3. The Hall–Kier alpha value is -1.22. The van der Waals surface area contributed by atoms with Gasteiger partial charge in [-0.2, -0.15) is 0 Å². The smallest absolute Gasteiger partial charge is 0.142 e. The zero-order valence-electron chi connectivity index (χ0n) is 9.20. The maximum absolute atomic E-state index is 11.2. The number of carbonyl (C=O) groups excluding carboxylic acids is 1. The number of halogens is 1. The molecule has 0 bridgehead atoms. The van der Waals surface area contributed by atoms with E-state index in [4.69, 9.17) is 16.3 Å². The number of hydrogen-bond acceptors (Lipinski definition) is 3. The Morgan fingerprint density at radius 2 is 2.00 bits per heavy atom. The first kappa shape index (κ1) is 11.3. The number of methoxy groups -OCH3 is 1. The number of ether oxygens (including phenoxy) is 1. The van der Waals surface area contributed by atoms with Crippen LogP contribution in [0.5, 0.6) is 5.75 Å². The Morgan fingerprint density at radius 1 is 1.31 bits per heavy atom. The minimum atomic E-state index is 0.331. The molecule has 1 aliphatic rings. The molecule has 0 unspecified atom stereocenters. The van der Waals surface area contributed by atoms with Gasteiger partial charge in [0.1, 0.15) is 11.5 Å². The van der Waals surface area contributed by atoms with Crippen LogP contribution in [0.2, 0.25) is 5.02 Å². The molecule has 16 heavy (non-hydrogen) atoms. The Bertz CT molecular complexity index is 396. The van der Waals surface area contributed by atoms with E-state index in [1.54, 1.807) is 13.2 Å². The van der Waals surface area contributed by atoms with Crippen molar-refractivity contribution in [2.75, 3.05) is 25.1 Å². The standard InChI is InChI=1S/C12H14ClNO2/c1-16-12-3-2-9(13)8-11(12)14-6-4-10(15)5-7-14/h2-3,8H,4-7H2,1H3. The third kappa shape index (κ3) is 2.30. The second-order valence-electron chi connectivity index (χ2n) is 3.84. The highest BCUT2D eigenvalue weighted by atomic mass is 35.5. The first-order chi connectivity index (χ1) is 7.70. The number of anilines is 1. The fraction of sp³-hybridized carbons (Fsp3) is 0.417. The largest absolute Gasteiger partial charge is 0.495 e. The summed E-state index contributed by atoms with van der Waals surface area (Å²) in [5.41, 5.74) is 0.975. The molecule has 0 spiro atoms. The van der Waals surface area contributed by atoms with Crippen molar-refractivity contribution in [1.82, 2.24) is 0 Å². The van der Waals surface area contributed by atoms with Crippen LogP contribution in [0.25, 0.3) is 0 Å². The van der Waals surface area contributed by atoms with E-state index in [2.05, 4.69) is 4.90 Å². The number of piperidine rings is 1. The van der Waals surface area contributed by atoms with Crippen LogP contribution >= 0.6 is 11.6 Å². The number of Topliss-reactive ketones (excluding diaryl/α,β-unsaturated/α-hetero) is 1. The number of hydrogen-bond donors (Lipinski definition) is 0. The molecule has 1 aromatic carbocycles. The number of rotatable bonds is 2. The molecule has 3 nitrogen and oxygen atoms in total. The molecule has 0 aromatic heterocycles. The normalized spacial score (nSPS) is 16.4. The molecule has 1 heterocycles. The number of ketones is 1. The van der Waals surface area contributed by atoms with Gasteiger partial charge in [-0.1, -0.05) is 11.6 Å². The fourth-order valence-corrected chi connectivity index (χ4v) is 2.07. The van der Waals surface area contributed by atoms with Crippen molar-refractivity contribution in [1.29, 1.82) is 0 Å². The minimum absolute atomic E-state index is 0.331. The molecule has 1 aliphatic heterocycles. The lowest BCUT2D eigenvalue weighted by molar-refractivity contribution is -0.119. The average molecular weight is 240 g/mol. The van der Waals surface area contributed by atoms with Crippen molar-refractivity contribution in [3.05, 3.63) is 23.2 Å². The summed E-state index contributed by atoms with van der Waals surface area (Å²) in [6, 6.07) is 5.54. The van der Waals surface area contributed by atoms with Crippen LogP contribution in [0, 0.1) is 0 Å². The van der Waals surface area contributed by atoms with Gasteiger partial charge in [-0.25, -0.2) is 0 Å². The van der Waals surface area contributed by atoms with E-state index in [0.717, 1.165) is 24.5 Å². The highest BCUT2D eigenvalue weighted by molar-refractivity contribution is 6.30. The van der Waals surface area contributed by atoms with Crippen molar-refractivity contribution < 1.29 is 9.53 Å². The average Bonchev–Trinajstić information content (AvgIpc) is 2.30. The zero-order chi connectivity index (χ0) is 11.5. The second-order valence-corrected chi connectivity index (χ2v) is 4.28. The van der Waals surface area contributed by atoms with Gasteiger partial charge in [0.05, 0.1) is 12.8 Å².